The molecule has 0 fully saturated rings. The third-order valence-corrected chi connectivity index (χ3v) is 3.32. The summed E-state index contributed by atoms with van der Waals surface area (Å²) in [6.07, 6.45) is 6.35. The molecule has 0 unspecified atom stereocenters. The highest BCUT2D eigenvalue weighted by molar-refractivity contribution is 6.21. The molecule has 0 radical (unpaired) electrons. The molecule has 0 amide bonds. The molecule has 4 heteroatoms. The van der Waals surface area contributed by atoms with E-state index in [0.29, 0.717) is 12.8 Å². The highest BCUT2D eigenvalue weighted by Crippen LogP contribution is 2.18. The number of hydrogen-bond donors (Lipinski definition) is 0. The number of carbonyl (C=O) groups is 2. The number of aromatic nitrogens is 1. The summed E-state index contributed by atoms with van der Waals surface area (Å²) in [6.45, 7) is 7.78. The minimum absolute atomic E-state index is 0.109. The molecule has 1 aromatic rings. The fourth-order valence-corrected chi connectivity index (χ4v) is 2.14. The molecule has 0 spiro atoms. The quantitative estimate of drug-likeness (QED) is 0.334. The fourth-order valence-electron chi connectivity index (χ4n) is 2.14. The lowest BCUT2D eigenvalue weighted by Gasteiger charge is -2.13. The number of esters is 1. The molecular weight excluding hydrogens is 266 g/mol. The molecule has 0 saturated heterocycles. The number of nitrogens with zero attached hydrogens (tertiary/aromatic N) is 1. The van der Waals surface area contributed by atoms with Crippen molar-refractivity contribution in [2.45, 2.75) is 40.5 Å². The fraction of sp³-hybridized carbons (Fsp3) is 0.471. The van der Waals surface area contributed by atoms with Crippen molar-refractivity contribution in [3.8, 4) is 0 Å². The van der Waals surface area contributed by atoms with Crippen molar-refractivity contribution in [2.75, 3.05) is 6.61 Å². The lowest BCUT2D eigenvalue weighted by Crippen LogP contribution is -2.22. The van der Waals surface area contributed by atoms with Gasteiger partial charge in [-0.15, -0.1) is 0 Å². The average molecular weight is 289 g/mol. The zero-order valence-corrected chi connectivity index (χ0v) is 13.2. The monoisotopic (exact) mass is 289 g/mol. The number of Topliss-reactive ketones (excluding diaryl/α,β-unsaturated/α-hetero) is 1. The van der Waals surface area contributed by atoms with Gasteiger partial charge in [-0.25, -0.2) is 4.79 Å². The number of carbonyl (C=O) groups excluding carboxylic acids is 2. The summed E-state index contributed by atoms with van der Waals surface area (Å²) in [6, 6.07) is 1.88. The highest BCUT2D eigenvalue weighted by atomic mass is 16.5. The van der Waals surface area contributed by atoms with Crippen molar-refractivity contribution in [2.24, 2.45) is 5.92 Å². The van der Waals surface area contributed by atoms with E-state index in [1.807, 2.05) is 26.8 Å². The predicted molar refractivity (Wildman–Crippen MR) is 82.7 cm³/mol. The molecule has 4 nitrogen and oxygen atoms in total. The van der Waals surface area contributed by atoms with Gasteiger partial charge in [-0.2, -0.15) is 0 Å². The zero-order chi connectivity index (χ0) is 15.8. The maximum absolute atomic E-state index is 12.5. The Morgan fingerprint density at radius 1 is 1.24 bits per heavy atom. The third-order valence-electron chi connectivity index (χ3n) is 3.32. The number of ketones is 1. The normalized spacial score (nSPS) is 11.6. The van der Waals surface area contributed by atoms with Crippen LogP contribution in [0.15, 0.2) is 24.0 Å². The Kier molecular flexibility index (Phi) is 6.79. The van der Waals surface area contributed by atoms with Crippen molar-refractivity contribution >= 4 is 17.8 Å². The topological polar surface area (TPSA) is 56.3 Å². The molecule has 0 aromatic carbocycles. The van der Waals surface area contributed by atoms with Crippen LogP contribution in [0, 0.1) is 12.8 Å². The molecule has 0 aliphatic heterocycles. The first kappa shape index (κ1) is 17.1. The van der Waals surface area contributed by atoms with Crippen LogP contribution in [0.4, 0.5) is 0 Å². The van der Waals surface area contributed by atoms with Gasteiger partial charge in [0, 0.05) is 18.3 Å². The SMILES string of the molecule is CCOC(=O)C(=Cc1cncc(C)c1)C(=O)C(CC)CC. The molecular formula is C17H23NO3. The molecule has 114 valence electrons. The Bertz CT molecular complexity index is 531. The van der Waals surface area contributed by atoms with E-state index in [-0.39, 0.29) is 23.9 Å². The zero-order valence-electron chi connectivity index (χ0n) is 13.2. The van der Waals surface area contributed by atoms with Crippen molar-refractivity contribution in [3.63, 3.8) is 0 Å². The summed E-state index contributed by atoms with van der Waals surface area (Å²) in [5, 5.41) is 0. The lowest BCUT2D eigenvalue weighted by molar-refractivity contribution is -0.140. The number of ether oxygens (including phenoxy) is 1. The maximum atomic E-state index is 12.5. The molecule has 21 heavy (non-hydrogen) atoms. The minimum atomic E-state index is -0.559. The average Bonchev–Trinajstić information content (AvgIpc) is 2.46. The van der Waals surface area contributed by atoms with E-state index in [0.717, 1.165) is 11.1 Å². The third kappa shape index (κ3) is 4.81. The van der Waals surface area contributed by atoms with Gasteiger partial charge in [-0.1, -0.05) is 13.8 Å². The molecule has 0 aliphatic rings. The molecule has 0 aliphatic carbocycles. The Hall–Kier alpha value is -1.97. The van der Waals surface area contributed by atoms with Gasteiger partial charge in [0.2, 0.25) is 0 Å². The van der Waals surface area contributed by atoms with Crippen LogP contribution in [0.1, 0.15) is 44.7 Å². The summed E-state index contributed by atoms with van der Waals surface area (Å²) < 4.78 is 5.02. The summed E-state index contributed by atoms with van der Waals surface area (Å²) in [4.78, 5) is 28.7. The molecule has 0 N–H and O–H groups in total. The van der Waals surface area contributed by atoms with Gasteiger partial charge in [0.25, 0.3) is 0 Å². The second-order valence-corrected chi connectivity index (χ2v) is 4.95. The summed E-state index contributed by atoms with van der Waals surface area (Å²) in [5.74, 6) is -0.866. The Balaban J connectivity index is 3.19. The van der Waals surface area contributed by atoms with Gasteiger partial charge in [-0.05, 0) is 50.0 Å². The summed E-state index contributed by atoms with van der Waals surface area (Å²) >= 11 is 0. The van der Waals surface area contributed by atoms with Gasteiger partial charge < -0.3 is 4.74 Å². The standard InChI is InChI=1S/C17H23NO3/c1-5-14(6-2)16(19)15(17(20)21-7-3)9-13-8-12(4)10-18-11-13/h8-11,14H,5-7H2,1-4H3. The van der Waals surface area contributed by atoms with Gasteiger partial charge in [-0.3, -0.25) is 9.78 Å². The molecule has 0 atom stereocenters. The molecule has 1 rings (SSSR count). The predicted octanol–water partition coefficient (Wildman–Crippen LogP) is 3.34. The number of aryl methyl sites for hydroxylation is 1. The maximum Gasteiger partial charge on any atom is 0.341 e. The van der Waals surface area contributed by atoms with Crippen LogP contribution < -0.4 is 0 Å². The first-order valence-corrected chi connectivity index (χ1v) is 7.38. The Morgan fingerprint density at radius 3 is 2.43 bits per heavy atom. The van der Waals surface area contributed by atoms with E-state index in [2.05, 4.69) is 4.98 Å². The van der Waals surface area contributed by atoms with E-state index < -0.39 is 5.97 Å². The Morgan fingerprint density at radius 2 is 1.90 bits per heavy atom. The summed E-state index contributed by atoms with van der Waals surface area (Å²) in [5.41, 5.74) is 1.82. The molecule has 0 saturated carbocycles. The van der Waals surface area contributed by atoms with Crippen molar-refractivity contribution < 1.29 is 14.3 Å². The van der Waals surface area contributed by atoms with Crippen molar-refractivity contribution in [3.05, 3.63) is 35.2 Å². The van der Waals surface area contributed by atoms with Crippen LogP contribution in [-0.2, 0) is 14.3 Å². The largest absolute Gasteiger partial charge is 0.462 e. The van der Waals surface area contributed by atoms with Crippen LogP contribution in [0.25, 0.3) is 6.08 Å². The van der Waals surface area contributed by atoms with E-state index in [1.54, 1.807) is 25.4 Å². The smallest absolute Gasteiger partial charge is 0.341 e. The van der Waals surface area contributed by atoms with Gasteiger partial charge in [0.15, 0.2) is 5.78 Å². The van der Waals surface area contributed by atoms with Crippen LogP contribution in [0.2, 0.25) is 0 Å². The first-order valence-electron chi connectivity index (χ1n) is 7.38. The van der Waals surface area contributed by atoms with Crippen molar-refractivity contribution in [1.82, 2.24) is 4.98 Å². The molecule has 1 heterocycles. The van der Waals surface area contributed by atoms with E-state index in [9.17, 15) is 9.59 Å². The van der Waals surface area contributed by atoms with E-state index >= 15 is 0 Å². The van der Waals surface area contributed by atoms with Gasteiger partial charge in [0.1, 0.15) is 5.57 Å². The van der Waals surface area contributed by atoms with Gasteiger partial charge in [0.05, 0.1) is 6.61 Å². The highest BCUT2D eigenvalue weighted by Gasteiger charge is 2.25. The lowest BCUT2D eigenvalue weighted by atomic mass is 9.92. The number of rotatable bonds is 7. The second kappa shape index (κ2) is 8.35. The van der Waals surface area contributed by atoms with E-state index in [1.165, 1.54) is 0 Å². The number of pyridine rings is 1. The van der Waals surface area contributed by atoms with Crippen LogP contribution in [0.3, 0.4) is 0 Å². The first-order chi connectivity index (χ1) is 10.0. The minimum Gasteiger partial charge on any atom is -0.462 e. The van der Waals surface area contributed by atoms with Crippen LogP contribution in [-0.4, -0.2) is 23.3 Å². The summed E-state index contributed by atoms with van der Waals surface area (Å²) in [7, 11) is 0. The number of hydrogen-bond acceptors (Lipinski definition) is 4. The Labute approximate surface area is 126 Å². The molecule has 1 aromatic heterocycles. The van der Waals surface area contributed by atoms with Crippen LogP contribution in [0.5, 0.6) is 0 Å². The van der Waals surface area contributed by atoms with E-state index in [4.69, 9.17) is 4.74 Å². The van der Waals surface area contributed by atoms with Crippen molar-refractivity contribution in [1.29, 1.82) is 0 Å². The molecule has 0 bridgehead atoms. The van der Waals surface area contributed by atoms with Gasteiger partial charge >= 0.3 is 5.97 Å². The van der Waals surface area contributed by atoms with Crippen LogP contribution >= 0.6 is 0 Å². The second-order valence-electron chi connectivity index (χ2n) is 4.95.